The number of imidazole rings is 1. The van der Waals surface area contributed by atoms with Crippen molar-refractivity contribution in [3.8, 4) is 11.3 Å². The summed E-state index contributed by atoms with van der Waals surface area (Å²) in [7, 11) is 2.02. The monoisotopic (exact) mass is 363 g/mol. The van der Waals surface area contributed by atoms with Crippen molar-refractivity contribution in [2.24, 2.45) is 12.8 Å². The first-order valence-electron chi connectivity index (χ1n) is 9.32. The van der Waals surface area contributed by atoms with Crippen LogP contribution in [0.1, 0.15) is 17.6 Å². The summed E-state index contributed by atoms with van der Waals surface area (Å²) in [6.45, 7) is 3.47. The largest absolute Gasteiger partial charge is 0.378 e. The number of anilines is 1. The molecule has 0 radical (unpaired) electrons. The second-order valence-corrected chi connectivity index (χ2v) is 6.84. The fraction of sp³-hybridized carbons (Fsp3) is 0.333. The molecule has 2 aromatic heterocycles. The molecule has 6 heteroatoms. The third-order valence-electron chi connectivity index (χ3n) is 5.05. The molecular weight excluding hydrogens is 338 g/mol. The van der Waals surface area contributed by atoms with E-state index >= 15 is 0 Å². The zero-order chi connectivity index (χ0) is 18.6. The maximum Gasteiger partial charge on any atom is 0.126 e. The van der Waals surface area contributed by atoms with Crippen molar-refractivity contribution in [2.45, 2.75) is 12.5 Å². The van der Waals surface area contributed by atoms with Crippen LogP contribution >= 0.6 is 0 Å². The fourth-order valence-electron chi connectivity index (χ4n) is 3.54. The minimum Gasteiger partial charge on any atom is -0.378 e. The highest BCUT2D eigenvalue weighted by Crippen LogP contribution is 2.26. The smallest absolute Gasteiger partial charge is 0.126 e. The van der Waals surface area contributed by atoms with Crippen molar-refractivity contribution in [3.63, 3.8) is 0 Å². The van der Waals surface area contributed by atoms with Gasteiger partial charge in [-0.2, -0.15) is 0 Å². The summed E-state index contributed by atoms with van der Waals surface area (Å²) in [5.41, 5.74) is 10.8. The predicted octanol–water partition coefficient (Wildman–Crippen LogP) is 2.56. The number of hydrogen-bond acceptors (Lipinski definition) is 5. The van der Waals surface area contributed by atoms with E-state index in [4.69, 9.17) is 10.5 Å². The number of hydrogen-bond donors (Lipinski definition) is 1. The van der Waals surface area contributed by atoms with E-state index in [9.17, 15) is 0 Å². The first kappa shape index (κ1) is 17.7. The molecule has 1 aromatic carbocycles. The molecule has 3 heterocycles. The van der Waals surface area contributed by atoms with E-state index in [1.807, 2.05) is 31.4 Å². The van der Waals surface area contributed by atoms with Crippen molar-refractivity contribution < 1.29 is 4.74 Å². The van der Waals surface area contributed by atoms with E-state index in [1.165, 1.54) is 5.69 Å². The van der Waals surface area contributed by atoms with Gasteiger partial charge in [-0.15, -0.1) is 0 Å². The molecule has 140 valence electrons. The van der Waals surface area contributed by atoms with Gasteiger partial charge in [0.15, 0.2) is 0 Å². The molecule has 1 fully saturated rings. The van der Waals surface area contributed by atoms with E-state index < -0.39 is 0 Å². The molecular formula is C21H25N5O. The first-order valence-corrected chi connectivity index (χ1v) is 9.32. The van der Waals surface area contributed by atoms with Gasteiger partial charge in [0.25, 0.3) is 0 Å². The summed E-state index contributed by atoms with van der Waals surface area (Å²) >= 11 is 0. The van der Waals surface area contributed by atoms with Crippen LogP contribution in [0.25, 0.3) is 11.3 Å². The van der Waals surface area contributed by atoms with Gasteiger partial charge in [-0.1, -0.05) is 18.2 Å². The van der Waals surface area contributed by atoms with Gasteiger partial charge < -0.3 is 19.9 Å². The molecule has 1 aliphatic rings. The number of nitrogens with zero attached hydrogens (tertiary/aromatic N) is 4. The van der Waals surface area contributed by atoms with Gasteiger partial charge in [-0.05, 0) is 29.8 Å². The van der Waals surface area contributed by atoms with Crippen LogP contribution in [-0.4, -0.2) is 40.8 Å². The van der Waals surface area contributed by atoms with Crippen molar-refractivity contribution in [1.29, 1.82) is 0 Å². The standard InChI is InChI=1S/C21H25N5O/c1-25-20(15-24-21(25)19(22)14-17-4-2-3-9-23-17)16-5-7-18(8-6-16)26-10-12-27-13-11-26/h2-9,15,19H,10-14,22H2,1H3/t19-/m0/s1. The summed E-state index contributed by atoms with van der Waals surface area (Å²) in [6, 6.07) is 14.3. The number of nitrogens with two attached hydrogens (primary N) is 1. The molecule has 0 amide bonds. The van der Waals surface area contributed by atoms with Crippen LogP contribution in [0.4, 0.5) is 5.69 Å². The molecule has 27 heavy (non-hydrogen) atoms. The lowest BCUT2D eigenvalue weighted by Crippen LogP contribution is -2.36. The molecule has 1 atom stereocenters. The minimum absolute atomic E-state index is 0.189. The highest BCUT2D eigenvalue weighted by Gasteiger charge is 2.17. The van der Waals surface area contributed by atoms with Crippen molar-refractivity contribution in [2.75, 3.05) is 31.2 Å². The van der Waals surface area contributed by atoms with E-state index in [0.29, 0.717) is 6.42 Å². The molecule has 4 rings (SSSR count). The Hall–Kier alpha value is -2.70. The van der Waals surface area contributed by atoms with Crippen molar-refractivity contribution in [1.82, 2.24) is 14.5 Å². The highest BCUT2D eigenvalue weighted by molar-refractivity contribution is 5.63. The SMILES string of the molecule is Cn1c(-c2ccc(N3CCOCC3)cc2)cnc1[C@@H](N)Cc1ccccn1. The third kappa shape index (κ3) is 3.86. The van der Waals surface area contributed by atoms with Crippen LogP contribution in [-0.2, 0) is 18.2 Å². The van der Waals surface area contributed by atoms with Gasteiger partial charge in [0, 0.05) is 44.1 Å². The van der Waals surface area contributed by atoms with Crippen molar-refractivity contribution in [3.05, 3.63) is 66.4 Å². The molecule has 0 unspecified atom stereocenters. The van der Waals surface area contributed by atoms with Crippen molar-refractivity contribution >= 4 is 5.69 Å². The highest BCUT2D eigenvalue weighted by atomic mass is 16.5. The fourth-order valence-corrected chi connectivity index (χ4v) is 3.54. The van der Waals surface area contributed by atoms with Crippen LogP contribution in [0.3, 0.4) is 0 Å². The topological polar surface area (TPSA) is 69.2 Å². The van der Waals surface area contributed by atoms with Crippen LogP contribution < -0.4 is 10.6 Å². The molecule has 0 saturated carbocycles. The molecule has 1 saturated heterocycles. The van der Waals surface area contributed by atoms with Crippen LogP contribution in [0, 0.1) is 0 Å². The van der Waals surface area contributed by atoms with Gasteiger partial charge in [0.2, 0.25) is 0 Å². The number of benzene rings is 1. The second kappa shape index (κ2) is 7.90. The Morgan fingerprint density at radius 2 is 1.85 bits per heavy atom. The first-order chi connectivity index (χ1) is 13.2. The molecule has 0 aliphatic carbocycles. The lowest BCUT2D eigenvalue weighted by Gasteiger charge is -2.28. The summed E-state index contributed by atoms with van der Waals surface area (Å²) in [6.07, 6.45) is 4.36. The molecule has 3 aromatic rings. The van der Waals surface area contributed by atoms with E-state index in [-0.39, 0.29) is 6.04 Å². The maximum absolute atomic E-state index is 6.40. The summed E-state index contributed by atoms with van der Waals surface area (Å²) in [5, 5.41) is 0. The van der Waals surface area contributed by atoms with E-state index in [1.54, 1.807) is 6.20 Å². The summed E-state index contributed by atoms with van der Waals surface area (Å²) in [5.74, 6) is 0.868. The Balaban J connectivity index is 1.51. The molecule has 6 nitrogen and oxygen atoms in total. The molecule has 1 aliphatic heterocycles. The minimum atomic E-state index is -0.189. The zero-order valence-corrected chi connectivity index (χ0v) is 15.6. The summed E-state index contributed by atoms with van der Waals surface area (Å²) in [4.78, 5) is 11.3. The van der Waals surface area contributed by atoms with Crippen LogP contribution in [0.2, 0.25) is 0 Å². The van der Waals surface area contributed by atoms with E-state index in [2.05, 4.69) is 43.7 Å². The molecule has 0 bridgehead atoms. The number of pyridine rings is 1. The maximum atomic E-state index is 6.40. The van der Waals surface area contributed by atoms with Crippen LogP contribution in [0.5, 0.6) is 0 Å². The summed E-state index contributed by atoms with van der Waals surface area (Å²) < 4.78 is 7.51. The third-order valence-corrected chi connectivity index (χ3v) is 5.05. The normalized spacial score (nSPS) is 15.7. The average Bonchev–Trinajstić information content (AvgIpc) is 3.11. The van der Waals surface area contributed by atoms with Crippen LogP contribution in [0.15, 0.2) is 54.9 Å². The van der Waals surface area contributed by atoms with Gasteiger partial charge in [0.1, 0.15) is 5.82 Å². The number of morpholine rings is 1. The Morgan fingerprint density at radius 1 is 1.07 bits per heavy atom. The number of ether oxygens (including phenoxy) is 1. The predicted molar refractivity (Wildman–Crippen MR) is 107 cm³/mol. The van der Waals surface area contributed by atoms with Gasteiger partial charge in [-0.25, -0.2) is 4.98 Å². The zero-order valence-electron chi connectivity index (χ0n) is 15.6. The van der Waals surface area contributed by atoms with E-state index in [0.717, 1.165) is 49.1 Å². The Morgan fingerprint density at radius 3 is 2.56 bits per heavy atom. The quantitative estimate of drug-likeness (QED) is 0.754. The lowest BCUT2D eigenvalue weighted by atomic mass is 10.1. The molecule has 0 spiro atoms. The van der Waals surface area contributed by atoms with Gasteiger partial charge in [0.05, 0.1) is 31.1 Å². The lowest BCUT2D eigenvalue weighted by molar-refractivity contribution is 0.122. The van der Waals surface area contributed by atoms with Gasteiger partial charge in [-0.3, -0.25) is 4.98 Å². The number of aromatic nitrogens is 3. The average molecular weight is 363 g/mol. The number of rotatable bonds is 5. The Bertz CT molecular complexity index is 869. The Labute approximate surface area is 159 Å². The Kier molecular flexibility index (Phi) is 5.18. The second-order valence-electron chi connectivity index (χ2n) is 6.84. The molecule has 2 N–H and O–H groups in total. The van der Waals surface area contributed by atoms with Gasteiger partial charge >= 0.3 is 0 Å².